The topological polar surface area (TPSA) is 110 Å². The van der Waals surface area contributed by atoms with Crippen LogP contribution < -0.4 is 29.6 Å². The molecule has 17 heavy (non-hydrogen) atoms. The van der Waals surface area contributed by atoms with Gasteiger partial charge in [0.05, 0.1) is 13.2 Å². The van der Waals surface area contributed by atoms with Crippen LogP contribution in [0.5, 0.6) is 0 Å². The van der Waals surface area contributed by atoms with Crippen LogP contribution in [0.15, 0.2) is 0 Å². The van der Waals surface area contributed by atoms with E-state index in [1.807, 2.05) is 0 Å². The fraction of sp³-hybridized carbons (Fsp3) is 0.714. The maximum Gasteiger partial charge on any atom is 1.00 e. The smallest absolute Gasteiger partial charge is 0.739 e. The maximum absolute atomic E-state index is 11.2. The zero-order valence-electron chi connectivity index (χ0n) is 9.67. The molecule has 0 aromatic heterocycles. The second-order valence-corrected chi connectivity index (χ2v) is 5.67. The summed E-state index contributed by atoms with van der Waals surface area (Å²) in [6.45, 7) is 2.90. The molecule has 0 aliphatic heterocycles. The van der Waals surface area contributed by atoms with E-state index in [1.54, 1.807) is 0 Å². The molecular formula is C7H11NaO7S2. The van der Waals surface area contributed by atoms with E-state index >= 15 is 0 Å². The number of rotatable bonds is 6. The summed E-state index contributed by atoms with van der Waals surface area (Å²) in [7, 11) is -5.12. The number of esters is 2. The minimum absolute atomic E-state index is 0. The van der Waals surface area contributed by atoms with Gasteiger partial charge < -0.3 is 14.0 Å². The van der Waals surface area contributed by atoms with Crippen LogP contribution >= 0.6 is 10.8 Å². The Hall–Kier alpha value is 0.200. The van der Waals surface area contributed by atoms with Crippen LogP contribution in [-0.4, -0.2) is 43.4 Å². The normalized spacial score (nSPS) is 10.6. The van der Waals surface area contributed by atoms with Crippen molar-refractivity contribution in [1.82, 2.24) is 0 Å². The van der Waals surface area contributed by atoms with E-state index in [-0.39, 0.29) is 53.6 Å². The van der Waals surface area contributed by atoms with Crippen molar-refractivity contribution in [3.63, 3.8) is 0 Å². The predicted molar refractivity (Wildman–Crippen MR) is 54.3 cm³/mol. The SMILES string of the molecule is CCOC(=O)C(SS(=O)(=O)[O-])C(=O)OCC.[Na+]. The third-order valence-electron chi connectivity index (χ3n) is 1.22. The fourth-order valence-electron chi connectivity index (χ4n) is 0.729. The molecule has 0 amide bonds. The largest absolute Gasteiger partial charge is 1.00 e. The van der Waals surface area contributed by atoms with Gasteiger partial charge in [0.15, 0.2) is 0 Å². The van der Waals surface area contributed by atoms with Gasteiger partial charge in [-0.3, -0.25) is 9.59 Å². The summed E-state index contributed by atoms with van der Waals surface area (Å²) in [6.07, 6.45) is 0. The molecule has 0 saturated carbocycles. The quantitative estimate of drug-likeness (QED) is 0.164. The Bertz CT molecular complexity index is 335. The van der Waals surface area contributed by atoms with Gasteiger partial charge in [0, 0.05) is 0 Å². The standard InChI is InChI=1S/C7H12O7S2.Na/c1-3-13-6(8)5(7(9)14-4-2)15-16(10,11)12;/h5H,3-4H2,1-2H3,(H,10,11,12);/q;+1/p-1. The Balaban J connectivity index is 0. The average molecular weight is 294 g/mol. The van der Waals surface area contributed by atoms with Gasteiger partial charge in [0.1, 0.15) is 9.15 Å². The summed E-state index contributed by atoms with van der Waals surface area (Å²) in [6, 6.07) is 0. The molecule has 0 radical (unpaired) electrons. The molecule has 94 valence electrons. The van der Waals surface area contributed by atoms with E-state index in [0.717, 1.165) is 0 Å². The Morgan fingerprint density at radius 1 is 1.18 bits per heavy atom. The first kappa shape index (κ1) is 19.5. The first-order chi connectivity index (χ1) is 7.31. The van der Waals surface area contributed by atoms with Crippen LogP contribution in [0.2, 0.25) is 0 Å². The molecule has 0 spiro atoms. The molecule has 0 aliphatic rings. The van der Waals surface area contributed by atoms with Gasteiger partial charge in [-0.05, 0) is 24.6 Å². The molecule has 0 bridgehead atoms. The summed E-state index contributed by atoms with van der Waals surface area (Å²) in [4.78, 5) is 22.4. The van der Waals surface area contributed by atoms with Gasteiger partial charge >= 0.3 is 41.5 Å². The van der Waals surface area contributed by atoms with Gasteiger partial charge in [-0.15, -0.1) is 0 Å². The first-order valence-electron chi connectivity index (χ1n) is 4.29. The Morgan fingerprint density at radius 3 is 1.76 bits per heavy atom. The van der Waals surface area contributed by atoms with Crippen molar-refractivity contribution >= 4 is 31.9 Å². The third kappa shape index (κ3) is 8.86. The molecular weight excluding hydrogens is 283 g/mol. The van der Waals surface area contributed by atoms with Crippen molar-refractivity contribution in [2.75, 3.05) is 13.2 Å². The first-order valence-corrected chi connectivity index (χ1v) is 7.09. The predicted octanol–water partition coefficient (Wildman–Crippen LogP) is -3.32. The van der Waals surface area contributed by atoms with Crippen LogP contribution in [0.25, 0.3) is 0 Å². The van der Waals surface area contributed by atoms with Gasteiger partial charge in [-0.2, -0.15) is 0 Å². The summed E-state index contributed by atoms with van der Waals surface area (Å²) in [5, 5.41) is -1.79. The molecule has 0 aliphatic carbocycles. The van der Waals surface area contributed by atoms with E-state index in [2.05, 4.69) is 9.47 Å². The van der Waals surface area contributed by atoms with Gasteiger partial charge in [-0.1, -0.05) is 0 Å². The second-order valence-electron chi connectivity index (χ2n) is 2.39. The van der Waals surface area contributed by atoms with Crippen molar-refractivity contribution in [1.29, 1.82) is 0 Å². The molecule has 7 nitrogen and oxygen atoms in total. The van der Waals surface area contributed by atoms with Crippen LogP contribution in [0.3, 0.4) is 0 Å². The van der Waals surface area contributed by atoms with Crippen molar-refractivity contribution < 1.29 is 61.6 Å². The fourth-order valence-corrected chi connectivity index (χ4v) is 2.44. The van der Waals surface area contributed by atoms with E-state index in [9.17, 15) is 22.6 Å². The molecule has 10 heteroatoms. The minimum Gasteiger partial charge on any atom is -0.739 e. The zero-order valence-corrected chi connectivity index (χ0v) is 13.3. The van der Waals surface area contributed by atoms with E-state index < -0.39 is 26.3 Å². The number of ether oxygens (including phenoxy) is 2. The molecule has 0 rings (SSSR count). The number of carbonyl (C=O) groups is 2. The molecule has 0 unspecified atom stereocenters. The summed E-state index contributed by atoms with van der Waals surface area (Å²) >= 11 is 0. The second kappa shape index (κ2) is 9.17. The van der Waals surface area contributed by atoms with Gasteiger partial charge in [0.2, 0.25) is 5.25 Å². The molecule has 0 N–H and O–H groups in total. The molecule has 0 heterocycles. The Labute approximate surface area is 125 Å². The van der Waals surface area contributed by atoms with Crippen molar-refractivity contribution in [2.24, 2.45) is 0 Å². The van der Waals surface area contributed by atoms with Gasteiger partial charge in [0.25, 0.3) is 0 Å². The summed E-state index contributed by atoms with van der Waals surface area (Å²) < 4.78 is 40.3. The number of hydrogen-bond acceptors (Lipinski definition) is 8. The van der Waals surface area contributed by atoms with Crippen molar-refractivity contribution in [3.8, 4) is 0 Å². The molecule has 0 aromatic rings. The van der Waals surface area contributed by atoms with Crippen LogP contribution in [0, 0.1) is 0 Å². The van der Waals surface area contributed by atoms with Crippen molar-refractivity contribution in [2.45, 2.75) is 19.1 Å². The van der Waals surface area contributed by atoms with Crippen LogP contribution in [0.4, 0.5) is 0 Å². The number of hydrogen-bond donors (Lipinski definition) is 0. The monoisotopic (exact) mass is 294 g/mol. The Morgan fingerprint density at radius 2 is 1.53 bits per heavy atom. The average Bonchev–Trinajstić information content (AvgIpc) is 2.13. The van der Waals surface area contributed by atoms with Gasteiger partial charge in [-0.25, -0.2) is 8.42 Å². The molecule has 0 saturated heterocycles. The van der Waals surface area contributed by atoms with Crippen LogP contribution in [-0.2, 0) is 28.2 Å². The van der Waals surface area contributed by atoms with E-state index in [0.29, 0.717) is 0 Å². The maximum atomic E-state index is 11.2. The minimum atomic E-state index is -4.79. The molecule has 0 aromatic carbocycles. The van der Waals surface area contributed by atoms with E-state index in [4.69, 9.17) is 0 Å². The summed E-state index contributed by atoms with van der Waals surface area (Å²) in [5.74, 6) is -2.21. The molecule has 0 atom stereocenters. The zero-order chi connectivity index (χ0) is 12.8. The third-order valence-corrected chi connectivity index (χ3v) is 3.31. The Kier molecular flexibility index (Phi) is 10.5. The van der Waals surface area contributed by atoms with Crippen LogP contribution in [0.1, 0.15) is 13.8 Å². The van der Waals surface area contributed by atoms with E-state index in [1.165, 1.54) is 13.8 Å². The molecule has 0 fully saturated rings. The number of carbonyl (C=O) groups excluding carboxylic acids is 2. The summed E-state index contributed by atoms with van der Waals surface area (Å²) in [5.41, 5.74) is 0. The van der Waals surface area contributed by atoms with Crippen molar-refractivity contribution in [3.05, 3.63) is 0 Å².